The summed E-state index contributed by atoms with van der Waals surface area (Å²) < 4.78 is 38.7. The number of hydrogen-bond acceptors (Lipinski definition) is 3. The molecule has 108 valence electrons. The van der Waals surface area contributed by atoms with Gasteiger partial charge in [-0.05, 0) is 17.7 Å². The second-order valence-electron chi connectivity index (χ2n) is 4.73. The fourth-order valence-electron chi connectivity index (χ4n) is 1.64. The lowest BCUT2D eigenvalue weighted by molar-refractivity contribution is -0.141. The molecule has 0 unspecified atom stereocenters. The molecule has 2 heterocycles. The third kappa shape index (κ3) is 3.57. The molecule has 0 spiro atoms. The van der Waals surface area contributed by atoms with Crippen molar-refractivity contribution in [2.75, 3.05) is 0 Å². The minimum absolute atomic E-state index is 0.320. The smallest absolute Gasteiger partial charge is 0.310 e. The molecule has 4 nitrogen and oxygen atoms in total. The molecule has 2 rings (SSSR count). The fourth-order valence-corrected chi connectivity index (χ4v) is 1.64. The number of aromatic nitrogens is 3. The predicted molar refractivity (Wildman–Crippen MR) is 68.3 cm³/mol. The largest absolute Gasteiger partial charge is 0.435 e. The summed E-state index contributed by atoms with van der Waals surface area (Å²) in [6.07, 6.45) is -0.00590. The van der Waals surface area contributed by atoms with Crippen molar-refractivity contribution < 1.29 is 13.2 Å². The van der Waals surface area contributed by atoms with Gasteiger partial charge in [0.15, 0.2) is 5.69 Å². The number of rotatable bonds is 4. The van der Waals surface area contributed by atoms with Gasteiger partial charge in [-0.1, -0.05) is 13.8 Å². The maximum atomic E-state index is 12.5. The van der Waals surface area contributed by atoms with Gasteiger partial charge in [0.2, 0.25) is 0 Å². The van der Waals surface area contributed by atoms with Crippen LogP contribution in [0.3, 0.4) is 0 Å². The zero-order chi connectivity index (χ0) is 14.8. The fraction of sp³-hybridized carbons (Fsp3) is 0.385. The third-order valence-electron chi connectivity index (χ3n) is 2.64. The van der Waals surface area contributed by atoms with Crippen LogP contribution in [0.25, 0.3) is 5.69 Å². The molecule has 0 fully saturated rings. The molecule has 2 aromatic rings. The highest BCUT2D eigenvalue weighted by Crippen LogP contribution is 2.27. The number of nitrogens with zero attached hydrogens (tertiary/aromatic N) is 3. The Balaban J connectivity index is 2.20. The third-order valence-corrected chi connectivity index (χ3v) is 2.64. The van der Waals surface area contributed by atoms with E-state index in [1.165, 1.54) is 17.1 Å². The Kier molecular flexibility index (Phi) is 4.08. The summed E-state index contributed by atoms with van der Waals surface area (Å²) >= 11 is 0. The van der Waals surface area contributed by atoms with Gasteiger partial charge >= 0.3 is 6.18 Å². The minimum Gasteiger partial charge on any atom is -0.310 e. The average molecular weight is 284 g/mol. The number of alkyl halides is 3. The highest BCUT2D eigenvalue weighted by atomic mass is 19.4. The normalized spacial score (nSPS) is 12.1. The number of halogens is 3. The molecule has 2 aromatic heterocycles. The molecule has 0 saturated heterocycles. The molecule has 1 N–H and O–H groups in total. The molecule has 0 atom stereocenters. The molecule has 0 aromatic carbocycles. The summed E-state index contributed by atoms with van der Waals surface area (Å²) in [4.78, 5) is 4.03. The summed E-state index contributed by atoms with van der Waals surface area (Å²) in [5.41, 5.74) is 0.479. The Morgan fingerprint density at radius 2 is 2.05 bits per heavy atom. The summed E-state index contributed by atoms with van der Waals surface area (Å²) in [6, 6.07) is 3.02. The summed E-state index contributed by atoms with van der Waals surface area (Å²) in [5.74, 6) is 0. The first-order chi connectivity index (χ1) is 9.36. The second-order valence-corrected chi connectivity index (χ2v) is 4.73. The predicted octanol–water partition coefficient (Wildman–Crippen LogP) is 2.78. The lowest BCUT2D eigenvalue weighted by Crippen LogP contribution is -2.22. The first-order valence-corrected chi connectivity index (χ1v) is 6.17. The van der Waals surface area contributed by atoms with Crippen molar-refractivity contribution in [1.29, 1.82) is 0 Å². The molecular formula is C13H15F3N4. The van der Waals surface area contributed by atoms with Crippen molar-refractivity contribution in [3.8, 4) is 5.69 Å². The Morgan fingerprint density at radius 1 is 1.30 bits per heavy atom. The highest BCUT2D eigenvalue weighted by Gasteiger charge is 2.33. The van der Waals surface area contributed by atoms with Crippen LogP contribution in [0.4, 0.5) is 13.2 Å². The number of hydrogen-bond donors (Lipinski definition) is 1. The van der Waals surface area contributed by atoms with Gasteiger partial charge in [-0.3, -0.25) is 4.98 Å². The van der Waals surface area contributed by atoms with E-state index in [1.54, 1.807) is 12.3 Å². The molecule has 0 amide bonds. The molecule has 0 aliphatic carbocycles. The van der Waals surface area contributed by atoms with Crippen LogP contribution in [0.1, 0.15) is 25.1 Å². The van der Waals surface area contributed by atoms with Crippen LogP contribution in [0, 0.1) is 0 Å². The van der Waals surface area contributed by atoms with Crippen LogP contribution in [0.15, 0.2) is 30.7 Å². The summed E-state index contributed by atoms with van der Waals surface area (Å²) in [5, 5.41) is 6.74. The Morgan fingerprint density at radius 3 is 2.65 bits per heavy atom. The number of pyridine rings is 1. The van der Waals surface area contributed by atoms with E-state index in [0.29, 0.717) is 18.3 Å². The zero-order valence-corrected chi connectivity index (χ0v) is 11.1. The first-order valence-electron chi connectivity index (χ1n) is 6.17. The Hall–Kier alpha value is -1.89. The van der Waals surface area contributed by atoms with Crippen molar-refractivity contribution in [3.63, 3.8) is 0 Å². The molecule has 0 bridgehead atoms. The van der Waals surface area contributed by atoms with Crippen LogP contribution in [-0.2, 0) is 12.7 Å². The minimum atomic E-state index is -4.44. The lowest BCUT2D eigenvalue weighted by Gasteiger charge is -2.09. The quantitative estimate of drug-likeness (QED) is 0.938. The van der Waals surface area contributed by atoms with Gasteiger partial charge < -0.3 is 5.32 Å². The van der Waals surface area contributed by atoms with Gasteiger partial charge in [0, 0.05) is 25.0 Å². The van der Waals surface area contributed by atoms with Crippen molar-refractivity contribution in [1.82, 2.24) is 20.1 Å². The highest BCUT2D eigenvalue weighted by molar-refractivity contribution is 5.31. The van der Waals surface area contributed by atoms with E-state index in [9.17, 15) is 13.2 Å². The maximum Gasteiger partial charge on any atom is 0.435 e. The van der Waals surface area contributed by atoms with E-state index >= 15 is 0 Å². The van der Waals surface area contributed by atoms with Crippen LogP contribution < -0.4 is 5.32 Å². The number of nitrogens with one attached hydrogen (secondary N) is 1. The van der Waals surface area contributed by atoms with E-state index in [1.807, 2.05) is 13.8 Å². The van der Waals surface area contributed by atoms with E-state index in [0.717, 1.165) is 11.6 Å². The van der Waals surface area contributed by atoms with Crippen LogP contribution in [-0.4, -0.2) is 20.8 Å². The van der Waals surface area contributed by atoms with Gasteiger partial charge in [0.1, 0.15) is 0 Å². The van der Waals surface area contributed by atoms with E-state index in [2.05, 4.69) is 15.4 Å². The van der Waals surface area contributed by atoms with E-state index in [4.69, 9.17) is 0 Å². The molecule has 0 aliphatic rings. The maximum absolute atomic E-state index is 12.5. The van der Waals surface area contributed by atoms with Crippen molar-refractivity contribution in [2.45, 2.75) is 32.6 Å². The van der Waals surface area contributed by atoms with Crippen LogP contribution in [0.2, 0.25) is 0 Å². The molecule has 20 heavy (non-hydrogen) atoms. The van der Waals surface area contributed by atoms with Gasteiger partial charge in [0.25, 0.3) is 0 Å². The van der Waals surface area contributed by atoms with E-state index < -0.39 is 11.9 Å². The SMILES string of the molecule is CC(C)NCc1cncc(-n2ccc(C(F)(F)F)n2)c1. The zero-order valence-electron chi connectivity index (χ0n) is 11.1. The van der Waals surface area contributed by atoms with Crippen LogP contribution in [0.5, 0.6) is 0 Å². The standard InChI is InChI=1S/C13H15F3N4/c1-9(2)18-7-10-5-11(8-17-6-10)20-4-3-12(19-20)13(14,15)16/h3-6,8-9,18H,7H2,1-2H3. The topological polar surface area (TPSA) is 42.7 Å². The van der Waals surface area contributed by atoms with Gasteiger partial charge in [-0.15, -0.1) is 0 Å². The van der Waals surface area contributed by atoms with E-state index in [-0.39, 0.29) is 0 Å². The summed E-state index contributed by atoms with van der Waals surface area (Å²) in [6.45, 7) is 4.63. The molecule has 7 heteroatoms. The van der Waals surface area contributed by atoms with Crippen molar-refractivity contribution in [2.24, 2.45) is 0 Å². The van der Waals surface area contributed by atoms with Gasteiger partial charge in [-0.25, -0.2) is 4.68 Å². The van der Waals surface area contributed by atoms with Gasteiger partial charge in [-0.2, -0.15) is 18.3 Å². The molecule has 0 radical (unpaired) electrons. The van der Waals surface area contributed by atoms with Crippen LogP contribution >= 0.6 is 0 Å². The van der Waals surface area contributed by atoms with Crippen molar-refractivity contribution >= 4 is 0 Å². The monoisotopic (exact) mass is 284 g/mol. The Bertz CT molecular complexity index is 575. The molecular weight excluding hydrogens is 269 g/mol. The first kappa shape index (κ1) is 14.5. The summed E-state index contributed by atoms with van der Waals surface area (Å²) in [7, 11) is 0. The second kappa shape index (κ2) is 5.62. The molecule has 0 saturated carbocycles. The molecule has 0 aliphatic heterocycles. The average Bonchev–Trinajstić information content (AvgIpc) is 2.86. The lowest BCUT2D eigenvalue weighted by atomic mass is 10.2. The van der Waals surface area contributed by atoms with Gasteiger partial charge in [0.05, 0.1) is 11.9 Å². The Labute approximate surface area is 114 Å². The van der Waals surface area contributed by atoms with Crippen molar-refractivity contribution in [3.05, 3.63) is 42.0 Å².